The van der Waals surface area contributed by atoms with Gasteiger partial charge in [0.05, 0.1) is 12.2 Å². The first-order valence-corrected chi connectivity index (χ1v) is 5.09. The lowest BCUT2D eigenvalue weighted by atomic mass is 10.1. The van der Waals surface area contributed by atoms with Gasteiger partial charge in [-0.2, -0.15) is 0 Å². The lowest BCUT2D eigenvalue weighted by molar-refractivity contribution is 0.0515. The minimum Gasteiger partial charge on any atom is -0.461 e. The maximum Gasteiger partial charge on any atom is 0.361 e. The Kier molecular flexibility index (Phi) is 3.18. The molecule has 0 unspecified atom stereocenters. The molecular formula is C12H10FNO3. The van der Waals surface area contributed by atoms with Crippen LogP contribution in [0.3, 0.4) is 0 Å². The van der Waals surface area contributed by atoms with Crippen molar-refractivity contribution in [2.75, 3.05) is 6.61 Å². The standard InChI is InChI=1S/C12H10FNO3/c1-2-16-12(15)11-10(7-17-14-11)8-3-5-9(13)6-4-8/h3-7H,2H2,1H3. The van der Waals surface area contributed by atoms with Crippen molar-refractivity contribution in [2.24, 2.45) is 0 Å². The molecule has 88 valence electrons. The second kappa shape index (κ2) is 4.78. The van der Waals surface area contributed by atoms with Gasteiger partial charge in [0.25, 0.3) is 0 Å². The number of aromatic nitrogens is 1. The molecular weight excluding hydrogens is 225 g/mol. The maximum atomic E-state index is 12.8. The summed E-state index contributed by atoms with van der Waals surface area (Å²) < 4.78 is 22.4. The molecule has 0 aliphatic carbocycles. The van der Waals surface area contributed by atoms with Gasteiger partial charge in [-0.25, -0.2) is 9.18 Å². The Labute approximate surface area is 97.0 Å². The topological polar surface area (TPSA) is 52.3 Å². The van der Waals surface area contributed by atoms with Crippen LogP contribution in [0.15, 0.2) is 35.1 Å². The first-order chi connectivity index (χ1) is 8.22. The molecule has 0 spiro atoms. The van der Waals surface area contributed by atoms with E-state index in [0.717, 1.165) is 0 Å². The van der Waals surface area contributed by atoms with Crippen molar-refractivity contribution in [3.8, 4) is 11.1 Å². The Balaban J connectivity index is 2.36. The molecule has 1 aromatic heterocycles. The largest absolute Gasteiger partial charge is 0.461 e. The first kappa shape index (κ1) is 11.3. The summed E-state index contributed by atoms with van der Waals surface area (Å²) in [5, 5.41) is 3.59. The first-order valence-electron chi connectivity index (χ1n) is 5.09. The van der Waals surface area contributed by atoms with Crippen LogP contribution in [0.4, 0.5) is 4.39 Å². The average molecular weight is 235 g/mol. The summed E-state index contributed by atoms with van der Waals surface area (Å²) in [5.41, 5.74) is 1.23. The number of benzene rings is 1. The maximum absolute atomic E-state index is 12.8. The molecule has 0 N–H and O–H groups in total. The van der Waals surface area contributed by atoms with Crippen LogP contribution in [-0.4, -0.2) is 17.7 Å². The summed E-state index contributed by atoms with van der Waals surface area (Å²) in [6.45, 7) is 1.96. The Morgan fingerprint density at radius 3 is 2.76 bits per heavy atom. The van der Waals surface area contributed by atoms with Crippen molar-refractivity contribution >= 4 is 5.97 Å². The molecule has 0 atom stereocenters. The van der Waals surface area contributed by atoms with Crippen LogP contribution in [0, 0.1) is 5.82 Å². The van der Waals surface area contributed by atoms with Crippen LogP contribution >= 0.6 is 0 Å². The van der Waals surface area contributed by atoms with E-state index in [-0.39, 0.29) is 18.1 Å². The van der Waals surface area contributed by atoms with Gasteiger partial charge in [0.1, 0.15) is 12.1 Å². The minimum atomic E-state index is -0.555. The van der Waals surface area contributed by atoms with Crippen LogP contribution < -0.4 is 0 Å². The van der Waals surface area contributed by atoms with Gasteiger partial charge in [-0.3, -0.25) is 0 Å². The van der Waals surface area contributed by atoms with Gasteiger partial charge in [0, 0.05) is 0 Å². The van der Waals surface area contributed by atoms with Gasteiger partial charge in [0.15, 0.2) is 5.69 Å². The predicted octanol–water partition coefficient (Wildman–Crippen LogP) is 2.66. The van der Waals surface area contributed by atoms with Crippen molar-refractivity contribution in [1.82, 2.24) is 5.16 Å². The normalized spacial score (nSPS) is 10.2. The molecule has 4 nitrogen and oxygen atoms in total. The van der Waals surface area contributed by atoms with Crippen LogP contribution in [0.1, 0.15) is 17.4 Å². The Bertz CT molecular complexity index is 519. The highest BCUT2D eigenvalue weighted by molar-refractivity contribution is 5.94. The molecule has 0 bridgehead atoms. The highest BCUT2D eigenvalue weighted by Crippen LogP contribution is 2.23. The van der Waals surface area contributed by atoms with E-state index >= 15 is 0 Å². The van der Waals surface area contributed by atoms with E-state index in [9.17, 15) is 9.18 Å². The van der Waals surface area contributed by atoms with Gasteiger partial charge in [-0.1, -0.05) is 17.3 Å². The van der Waals surface area contributed by atoms with E-state index in [1.165, 1.54) is 18.4 Å². The fourth-order valence-corrected chi connectivity index (χ4v) is 1.42. The van der Waals surface area contributed by atoms with Crippen molar-refractivity contribution in [3.63, 3.8) is 0 Å². The van der Waals surface area contributed by atoms with E-state index in [1.807, 2.05) is 0 Å². The van der Waals surface area contributed by atoms with Gasteiger partial charge >= 0.3 is 5.97 Å². The van der Waals surface area contributed by atoms with E-state index in [1.54, 1.807) is 19.1 Å². The number of hydrogen-bond donors (Lipinski definition) is 0. The van der Waals surface area contributed by atoms with Crippen molar-refractivity contribution in [1.29, 1.82) is 0 Å². The monoisotopic (exact) mass is 235 g/mol. The third-order valence-electron chi connectivity index (χ3n) is 2.19. The molecule has 0 saturated carbocycles. The number of halogens is 1. The second-order valence-corrected chi connectivity index (χ2v) is 3.30. The van der Waals surface area contributed by atoms with Crippen molar-refractivity contribution in [3.05, 3.63) is 42.0 Å². The molecule has 17 heavy (non-hydrogen) atoms. The lowest BCUT2D eigenvalue weighted by Gasteiger charge is -2.01. The molecule has 0 saturated heterocycles. The zero-order chi connectivity index (χ0) is 12.3. The molecule has 1 aromatic carbocycles. The number of carbonyl (C=O) groups excluding carboxylic acids is 1. The summed E-state index contributed by atoms with van der Waals surface area (Å²) >= 11 is 0. The second-order valence-electron chi connectivity index (χ2n) is 3.30. The Morgan fingerprint density at radius 1 is 1.41 bits per heavy atom. The van der Waals surface area contributed by atoms with E-state index < -0.39 is 5.97 Å². The summed E-state index contributed by atoms with van der Waals surface area (Å²) in [7, 11) is 0. The third-order valence-corrected chi connectivity index (χ3v) is 2.19. The summed E-state index contributed by atoms with van der Waals surface area (Å²) in [5.74, 6) is -0.900. The van der Waals surface area contributed by atoms with Crippen molar-refractivity contribution < 1.29 is 18.4 Å². The highest BCUT2D eigenvalue weighted by atomic mass is 19.1. The number of esters is 1. The van der Waals surface area contributed by atoms with Gasteiger partial charge in [-0.05, 0) is 24.6 Å². The number of rotatable bonds is 3. The molecule has 2 aromatic rings. The lowest BCUT2D eigenvalue weighted by Crippen LogP contribution is -2.06. The van der Waals surface area contributed by atoms with Crippen molar-refractivity contribution in [2.45, 2.75) is 6.92 Å². The fraction of sp³-hybridized carbons (Fsp3) is 0.167. The SMILES string of the molecule is CCOC(=O)c1nocc1-c1ccc(F)cc1. The van der Waals surface area contributed by atoms with Gasteiger partial charge < -0.3 is 9.26 Å². The molecule has 0 aliphatic heterocycles. The number of ether oxygens (including phenoxy) is 1. The molecule has 1 heterocycles. The zero-order valence-corrected chi connectivity index (χ0v) is 9.14. The molecule has 0 aliphatic rings. The fourth-order valence-electron chi connectivity index (χ4n) is 1.42. The average Bonchev–Trinajstić information content (AvgIpc) is 2.79. The third kappa shape index (κ3) is 2.33. The van der Waals surface area contributed by atoms with Crippen LogP contribution in [0.5, 0.6) is 0 Å². The zero-order valence-electron chi connectivity index (χ0n) is 9.14. The highest BCUT2D eigenvalue weighted by Gasteiger charge is 2.18. The number of hydrogen-bond acceptors (Lipinski definition) is 4. The van der Waals surface area contributed by atoms with E-state index in [0.29, 0.717) is 11.1 Å². The quantitative estimate of drug-likeness (QED) is 0.767. The minimum absolute atomic E-state index is 0.0958. The smallest absolute Gasteiger partial charge is 0.361 e. The summed E-state index contributed by atoms with van der Waals surface area (Å²) in [4.78, 5) is 11.5. The molecule has 0 fully saturated rings. The van der Waals surface area contributed by atoms with E-state index in [4.69, 9.17) is 9.26 Å². The van der Waals surface area contributed by atoms with Crippen LogP contribution in [-0.2, 0) is 4.74 Å². The number of nitrogens with zero attached hydrogens (tertiary/aromatic N) is 1. The molecule has 5 heteroatoms. The van der Waals surface area contributed by atoms with Crippen LogP contribution in [0.2, 0.25) is 0 Å². The van der Waals surface area contributed by atoms with Crippen LogP contribution in [0.25, 0.3) is 11.1 Å². The predicted molar refractivity (Wildman–Crippen MR) is 57.9 cm³/mol. The molecule has 0 radical (unpaired) electrons. The Morgan fingerprint density at radius 2 is 2.12 bits per heavy atom. The van der Waals surface area contributed by atoms with Gasteiger partial charge in [0.2, 0.25) is 0 Å². The number of carbonyl (C=O) groups is 1. The summed E-state index contributed by atoms with van der Waals surface area (Å²) in [6.07, 6.45) is 1.33. The molecule has 0 amide bonds. The summed E-state index contributed by atoms with van der Waals surface area (Å²) in [6, 6.07) is 5.70. The van der Waals surface area contributed by atoms with E-state index in [2.05, 4.69) is 5.16 Å². The van der Waals surface area contributed by atoms with Gasteiger partial charge in [-0.15, -0.1) is 0 Å². The molecule has 2 rings (SSSR count). The Hall–Kier alpha value is -2.17.